The number of allylic oxidation sites excluding steroid dienone is 1. The molecule has 12 heavy (non-hydrogen) atoms. The van der Waals surface area contributed by atoms with Crippen LogP contribution in [0.15, 0.2) is 24.0 Å². The molecule has 0 spiro atoms. The molecule has 0 aromatic carbocycles. The van der Waals surface area contributed by atoms with E-state index in [9.17, 15) is 0 Å². The quantitative estimate of drug-likeness (QED) is 0.534. The fourth-order valence-electron chi connectivity index (χ4n) is 1.89. The van der Waals surface area contributed by atoms with Crippen molar-refractivity contribution in [3.63, 3.8) is 0 Å². The third kappa shape index (κ3) is 1.22. The predicted molar refractivity (Wildman–Crippen MR) is 50.6 cm³/mol. The maximum atomic E-state index is 2.49. The molecule has 2 rings (SSSR count). The van der Waals surface area contributed by atoms with E-state index >= 15 is 0 Å². The van der Waals surface area contributed by atoms with Crippen molar-refractivity contribution in [1.82, 2.24) is 9.80 Å². The van der Waals surface area contributed by atoms with Gasteiger partial charge in [-0.25, -0.2) is 0 Å². The summed E-state index contributed by atoms with van der Waals surface area (Å²) >= 11 is 0. The standard InChI is InChI=1S/C10H16N2/c1-9-4-3-5-10-8-11(2)6-7-12(9)10/h3,5,8-9H,4,6-7H2,1-2H3. The summed E-state index contributed by atoms with van der Waals surface area (Å²) in [5, 5.41) is 0. The van der Waals surface area contributed by atoms with Crippen LogP contribution < -0.4 is 0 Å². The summed E-state index contributed by atoms with van der Waals surface area (Å²) < 4.78 is 0. The van der Waals surface area contributed by atoms with E-state index in [1.807, 2.05) is 0 Å². The van der Waals surface area contributed by atoms with Gasteiger partial charge < -0.3 is 9.80 Å². The molecule has 1 unspecified atom stereocenters. The molecule has 1 atom stereocenters. The molecule has 0 aromatic rings. The molecule has 2 aliphatic heterocycles. The van der Waals surface area contributed by atoms with Crippen molar-refractivity contribution < 1.29 is 0 Å². The first-order valence-corrected chi connectivity index (χ1v) is 4.62. The van der Waals surface area contributed by atoms with Gasteiger partial charge in [0.25, 0.3) is 0 Å². The third-order valence-corrected chi connectivity index (χ3v) is 2.68. The Bertz CT molecular complexity index is 230. The van der Waals surface area contributed by atoms with Gasteiger partial charge in [-0.2, -0.15) is 0 Å². The normalized spacial score (nSPS) is 28.5. The molecular formula is C10H16N2. The van der Waals surface area contributed by atoms with Crippen molar-refractivity contribution in [2.75, 3.05) is 20.1 Å². The first-order valence-electron chi connectivity index (χ1n) is 4.62. The maximum absolute atomic E-state index is 2.49. The summed E-state index contributed by atoms with van der Waals surface area (Å²) in [7, 11) is 2.14. The minimum absolute atomic E-state index is 0.690. The van der Waals surface area contributed by atoms with Crippen LogP contribution in [0.1, 0.15) is 13.3 Å². The Balaban J connectivity index is 2.25. The zero-order valence-electron chi connectivity index (χ0n) is 7.83. The number of nitrogens with zero attached hydrogens (tertiary/aromatic N) is 2. The van der Waals surface area contributed by atoms with Gasteiger partial charge in [0, 0.05) is 32.4 Å². The second-order valence-electron chi connectivity index (χ2n) is 3.72. The molecule has 0 aromatic heterocycles. The van der Waals surface area contributed by atoms with Gasteiger partial charge in [-0.1, -0.05) is 6.08 Å². The van der Waals surface area contributed by atoms with E-state index in [4.69, 9.17) is 0 Å². The summed E-state index contributed by atoms with van der Waals surface area (Å²) in [4.78, 5) is 4.74. The average Bonchev–Trinajstić information content (AvgIpc) is 2.04. The van der Waals surface area contributed by atoms with Crippen LogP contribution in [0.25, 0.3) is 0 Å². The monoisotopic (exact) mass is 164 g/mol. The number of likely N-dealkylation sites (N-methyl/N-ethyl adjacent to an activating group) is 1. The zero-order valence-corrected chi connectivity index (χ0v) is 7.83. The van der Waals surface area contributed by atoms with Crippen LogP contribution in [0, 0.1) is 0 Å². The van der Waals surface area contributed by atoms with Crippen LogP contribution in [0.2, 0.25) is 0 Å². The Morgan fingerprint density at radius 3 is 3.08 bits per heavy atom. The van der Waals surface area contributed by atoms with Crippen molar-refractivity contribution in [1.29, 1.82) is 0 Å². The second-order valence-corrected chi connectivity index (χ2v) is 3.72. The molecule has 0 fully saturated rings. The SMILES string of the molecule is CC1CC=CC2=CN(C)CCN21. The number of hydrogen-bond acceptors (Lipinski definition) is 2. The summed E-state index contributed by atoms with van der Waals surface area (Å²) in [6, 6.07) is 0.690. The Labute approximate surface area is 74.2 Å². The lowest BCUT2D eigenvalue weighted by molar-refractivity contribution is 0.215. The third-order valence-electron chi connectivity index (χ3n) is 2.68. The van der Waals surface area contributed by atoms with Crippen LogP contribution in [0.3, 0.4) is 0 Å². The van der Waals surface area contributed by atoms with Crippen molar-refractivity contribution >= 4 is 0 Å². The fraction of sp³-hybridized carbons (Fsp3) is 0.600. The molecule has 0 amide bonds. The Hall–Kier alpha value is -0.920. The van der Waals surface area contributed by atoms with Crippen LogP contribution >= 0.6 is 0 Å². The van der Waals surface area contributed by atoms with Crippen LogP contribution in [0.4, 0.5) is 0 Å². The van der Waals surface area contributed by atoms with Gasteiger partial charge >= 0.3 is 0 Å². The minimum Gasteiger partial charge on any atom is -0.377 e. The molecule has 2 heterocycles. The Morgan fingerprint density at radius 1 is 1.42 bits per heavy atom. The van der Waals surface area contributed by atoms with E-state index in [2.05, 4.69) is 42.1 Å². The highest BCUT2D eigenvalue weighted by Gasteiger charge is 2.21. The van der Waals surface area contributed by atoms with Crippen molar-refractivity contribution in [2.45, 2.75) is 19.4 Å². The van der Waals surface area contributed by atoms with E-state index in [0.717, 1.165) is 6.54 Å². The number of fused-ring (bicyclic) bond motifs is 1. The van der Waals surface area contributed by atoms with Gasteiger partial charge in [0.1, 0.15) is 0 Å². The first kappa shape index (κ1) is 7.71. The van der Waals surface area contributed by atoms with Crippen LogP contribution in [0.5, 0.6) is 0 Å². The van der Waals surface area contributed by atoms with E-state index in [1.54, 1.807) is 0 Å². The van der Waals surface area contributed by atoms with Gasteiger partial charge in [-0.3, -0.25) is 0 Å². The molecule has 0 bridgehead atoms. The highest BCUT2D eigenvalue weighted by molar-refractivity contribution is 5.23. The van der Waals surface area contributed by atoms with Gasteiger partial charge in [-0.15, -0.1) is 0 Å². The van der Waals surface area contributed by atoms with Crippen molar-refractivity contribution in [3.05, 3.63) is 24.0 Å². The lowest BCUT2D eigenvalue weighted by Gasteiger charge is -2.39. The molecule has 0 aliphatic carbocycles. The fourth-order valence-corrected chi connectivity index (χ4v) is 1.89. The van der Waals surface area contributed by atoms with Crippen LogP contribution in [-0.4, -0.2) is 36.0 Å². The Kier molecular flexibility index (Phi) is 1.83. The van der Waals surface area contributed by atoms with E-state index < -0.39 is 0 Å². The molecular weight excluding hydrogens is 148 g/mol. The maximum Gasteiger partial charge on any atom is 0.0527 e. The van der Waals surface area contributed by atoms with Crippen LogP contribution in [-0.2, 0) is 0 Å². The van der Waals surface area contributed by atoms with Gasteiger partial charge in [0.05, 0.1) is 5.70 Å². The molecule has 2 nitrogen and oxygen atoms in total. The van der Waals surface area contributed by atoms with Crippen molar-refractivity contribution in [3.8, 4) is 0 Å². The largest absolute Gasteiger partial charge is 0.377 e. The average molecular weight is 164 g/mol. The highest BCUT2D eigenvalue weighted by atomic mass is 15.2. The smallest absolute Gasteiger partial charge is 0.0527 e. The molecule has 2 heteroatoms. The first-order chi connectivity index (χ1) is 5.77. The Morgan fingerprint density at radius 2 is 2.25 bits per heavy atom. The summed E-state index contributed by atoms with van der Waals surface area (Å²) in [6.45, 7) is 4.62. The van der Waals surface area contributed by atoms with Gasteiger partial charge in [0.2, 0.25) is 0 Å². The van der Waals surface area contributed by atoms with Crippen molar-refractivity contribution in [2.24, 2.45) is 0 Å². The lowest BCUT2D eigenvalue weighted by Crippen LogP contribution is -2.42. The number of hydrogen-bond donors (Lipinski definition) is 0. The zero-order chi connectivity index (χ0) is 8.55. The van der Waals surface area contributed by atoms with Gasteiger partial charge in [0.15, 0.2) is 0 Å². The molecule has 66 valence electrons. The summed E-state index contributed by atoms with van der Waals surface area (Å²) in [5.41, 5.74) is 1.38. The minimum atomic E-state index is 0.690. The molecule has 0 N–H and O–H groups in total. The topological polar surface area (TPSA) is 6.48 Å². The van der Waals surface area contributed by atoms with E-state index in [1.165, 1.54) is 18.7 Å². The number of rotatable bonds is 0. The van der Waals surface area contributed by atoms with E-state index in [0.29, 0.717) is 6.04 Å². The lowest BCUT2D eigenvalue weighted by atomic mass is 10.1. The second kappa shape index (κ2) is 2.85. The molecule has 0 saturated carbocycles. The summed E-state index contributed by atoms with van der Waals surface area (Å²) in [5.74, 6) is 0. The molecule has 0 radical (unpaired) electrons. The highest BCUT2D eigenvalue weighted by Crippen LogP contribution is 2.22. The van der Waals surface area contributed by atoms with Gasteiger partial charge in [-0.05, 0) is 19.4 Å². The van der Waals surface area contributed by atoms with E-state index in [-0.39, 0.29) is 0 Å². The molecule has 0 saturated heterocycles. The molecule has 2 aliphatic rings. The predicted octanol–water partition coefficient (Wildman–Crippen LogP) is 1.42. The summed E-state index contributed by atoms with van der Waals surface area (Å²) in [6.07, 6.45) is 7.93.